The van der Waals surface area contributed by atoms with Crippen molar-refractivity contribution in [2.45, 2.75) is 19.3 Å². The zero-order valence-corrected chi connectivity index (χ0v) is 3.78. The molecule has 6 heavy (non-hydrogen) atoms. The van der Waals surface area contributed by atoms with Crippen LogP contribution in [-0.2, 0) is 0 Å². The fourth-order valence-corrected chi connectivity index (χ4v) is 1.04. The van der Waals surface area contributed by atoms with E-state index in [1.165, 1.54) is 19.3 Å². The van der Waals surface area contributed by atoms with Crippen molar-refractivity contribution in [2.24, 2.45) is 5.41 Å². The maximum absolute atomic E-state index is 2.33. The summed E-state index contributed by atoms with van der Waals surface area (Å²) in [6.45, 7) is 0. The minimum Gasteiger partial charge on any atom is -0.0777 e. The lowest BCUT2D eigenvalue weighted by atomic mass is 9.80. The molecule has 2 aliphatic rings. The Balaban J connectivity index is 2.12. The third-order valence-corrected chi connectivity index (χ3v) is 1.92. The summed E-state index contributed by atoms with van der Waals surface area (Å²) in [5.74, 6) is 0. The van der Waals surface area contributed by atoms with Gasteiger partial charge in [0, 0.05) is 5.41 Å². The van der Waals surface area contributed by atoms with Crippen molar-refractivity contribution in [3.05, 3.63) is 12.2 Å². The zero-order chi connectivity index (χ0) is 4.04. The van der Waals surface area contributed by atoms with Gasteiger partial charge >= 0.3 is 0 Å². The van der Waals surface area contributed by atoms with Gasteiger partial charge in [0.1, 0.15) is 0 Å². The van der Waals surface area contributed by atoms with E-state index in [2.05, 4.69) is 12.2 Å². The number of hydrogen-bond donors (Lipinski definition) is 0. The maximum atomic E-state index is 2.33. The Labute approximate surface area is 37.9 Å². The lowest BCUT2D eigenvalue weighted by Crippen LogP contribution is -2.12. The molecule has 0 heteroatoms. The molecule has 0 aromatic carbocycles. The van der Waals surface area contributed by atoms with Gasteiger partial charge in [-0.3, -0.25) is 0 Å². The highest BCUT2D eigenvalue weighted by Gasteiger charge is 2.39. The summed E-state index contributed by atoms with van der Waals surface area (Å²) in [4.78, 5) is 0. The molecule has 1 saturated carbocycles. The van der Waals surface area contributed by atoms with Gasteiger partial charge in [-0.15, -0.1) is 0 Å². The molecule has 0 aromatic heterocycles. The van der Waals surface area contributed by atoms with Crippen LogP contribution in [0.25, 0.3) is 0 Å². The second-order valence-corrected chi connectivity index (χ2v) is 2.42. The predicted octanol–water partition coefficient (Wildman–Crippen LogP) is 1.73. The van der Waals surface area contributed by atoms with Gasteiger partial charge in [-0.25, -0.2) is 0 Å². The van der Waals surface area contributed by atoms with Crippen LogP contribution < -0.4 is 0 Å². The molecule has 0 bridgehead atoms. The standard InChI is InChI=1S/C6H8/c1-2-6(3-1)4-5-6/h4-5H,1-3H2. The Morgan fingerprint density at radius 1 is 1.17 bits per heavy atom. The monoisotopic (exact) mass is 80.1 g/mol. The van der Waals surface area contributed by atoms with Gasteiger partial charge in [-0.1, -0.05) is 18.6 Å². The molecule has 1 fully saturated rings. The van der Waals surface area contributed by atoms with Crippen molar-refractivity contribution in [1.82, 2.24) is 0 Å². The molecule has 0 atom stereocenters. The molecule has 0 aliphatic heterocycles. The summed E-state index contributed by atoms with van der Waals surface area (Å²) in [5, 5.41) is 0. The minimum absolute atomic E-state index is 0.722. The highest BCUT2D eigenvalue weighted by molar-refractivity contribution is 5.29. The van der Waals surface area contributed by atoms with E-state index >= 15 is 0 Å². The van der Waals surface area contributed by atoms with Crippen LogP contribution in [0, 0.1) is 5.41 Å². The fourth-order valence-electron chi connectivity index (χ4n) is 1.04. The minimum atomic E-state index is 0.722. The molecule has 2 aliphatic carbocycles. The Hall–Kier alpha value is -0.260. The second-order valence-electron chi connectivity index (χ2n) is 2.42. The summed E-state index contributed by atoms with van der Waals surface area (Å²) in [6, 6.07) is 0. The normalized spacial score (nSPS) is 33.3. The van der Waals surface area contributed by atoms with Gasteiger partial charge in [-0.05, 0) is 12.8 Å². The van der Waals surface area contributed by atoms with Crippen LogP contribution in [0.1, 0.15) is 19.3 Å². The number of allylic oxidation sites excluding steroid dienone is 2. The van der Waals surface area contributed by atoms with E-state index in [1.54, 1.807) is 0 Å². The first-order chi connectivity index (χ1) is 2.91. The highest BCUT2D eigenvalue weighted by atomic mass is 14.4. The molecule has 0 saturated heterocycles. The van der Waals surface area contributed by atoms with Crippen LogP contribution in [-0.4, -0.2) is 0 Å². The highest BCUT2D eigenvalue weighted by Crippen LogP contribution is 2.52. The molecular formula is C6H8. The third kappa shape index (κ3) is 0.173. The van der Waals surface area contributed by atoms with Crippen molar-refractivity contribution in [1.29, 1.82) is 0 Å². The third-order valence-electron chi connectivity index (χ3n) is 1.92. The second kappa shape index (κ2) is 0.575. The summed E-state index contributed by atoms with van der Waals surface area (Å²) in [6.07, 6.45) is 9.03. The number of rotatable bonds is 0. The Morgan fingerprint density at radius 3 is 1.83 bits per heavy atom. The molecule has 0 heterocycles. The smallest absolute Gasteiger partial charge is 0.00616 e. The van der Waals surface area contributed by atoms with E-state index in [-0.39, 0.29) is 0 Å². The average molecular weight is 80.1 g/mol. The van der Waals surface area contributed by atoms with Gasteiger partial charge in [0.2, 0.25) is 0 Å². The fraction of sp³-hybridized carbons (Fsp3) is 0.667. The van der Waals surface area contributed by atoms with Crippen LogP contribution in [0.2, 0.25) is 0 Å². The lowest BCUT2D eigenvalue weighted by molar-refractivity contribution is 0.329. The summed E-state index contributed by atoms with van der Waals surface area (Å²) in [7, 11) is 0. The molecular weight excluding hydrogens is 72.1 g/mol. The molecule has 32 valence electrons. The first-order valence-electron chi connectivity index (χ1n) is 2.62. The first kappa shape index (κ1) is 2.84. The van der Waals surface area contributed by atoms with Crippen LogP contribution in [0.5, 0.6) is 0 Å². The summed E-state index contributed by atoms with van der Waals surface area (Å²) >= 11 is 0. The number of hydrogen-bond acceptors (Lipinski definition) is 0. The Bertz CT molecular complexity index is 88.6. The van der Waals surface area contributed by atoms with Crippen molar-refractivity contribution in [2.75, 3.05) is 0 Å². The van der Waals surface area contributed by atoms with Crippen molar-refractivity contribution < 1.29 is 0 Å². The van der Waals surface area contributed by atoms with E-state index in [4.69, 9.17) is 0 Å². The molecule has 0 N–H and O–H groups in total. The first-order valence-corrected chi connectivity index (χ1v) is 2.62. The van der Waals surface area contributed by atoms with Crippen LogP contribution >= 0.6 is 0 Å². The summed E-state index contributed by atoms with van der Waals surface area (Å²) < 4.78 is 0. The summed E-state index contributed by atoms with van der Waals surface area (Å²) in [5.41, 5.74) is 0.722. The Morgan fingerprint density at radius 2 is 1.83 bits per heavy atom. The van der Waals surface area contributed by atoms with E-state index in [0.29, 0.717) is 0 Å². The van der Waals surface area contributed by atoms with Gasteiger partial charge in [0.05, 0.1) is 0 Å². The van der Waals surface area contributed by atoms with Crippen molar-refractivity contribution in [3.8, 4) is 0 Å². The van der Waals surface area contributed by atoms with E-state index in [9.17, 15) is 0 Å². The quantitative estimate of drug-likeness (QED) is 0.389. The van der Waals surface area contributed by atoms with Gasteiger partial charge in [0.15, 0.2) is 0 Å². The average Bonchev–Trinajstić information content (AvgIpc) is 2.02. The van der Waals surface area contributed by atoms with Crippen LogP contribution in [0.4, 0.5) is 0 Å². The molecule has 0 nitrogen and oxygen atoms in total. The van der Waals surface area contributed by atoms with E-state index in [1.807, 2.05) is 0 Å². The topological polar surface area (TPSA) is 0 Å². The van der Waals surface area contributed by atoms with Gasteiger partial charge in [-0.2, -0.15) is 0 Å². The van der Waals surface area contributed by atoms with E-state index in [0.717, 1.165) is 5.41 Å². The van der Waals surface area contributed by atoms with Crippen LogP contribution in [0.3, 0.4) is 0 Å². The molecule has 2 rings (SSSR count). The van der Waals surface area contributed by atoms with Crippen molar-refractivity contribution in [3.63, 3.8) is 0 Å². The Kier molecular flexibility index (Phi) is 0.272. The molecule has 0 amide bonds. The molecule has 1 spiro atoms. The van der Waals surface area contributed by atoms with Gasteiger partial charge < -0.3 is 0 Å². The van der Waals surface area contributed by atoms with Crippen molar-refractivity contribution >= 4 is 0 Å². The zero-order valence-electron chi connectivity index (χ0n) is 3.78. The molecule has 0 radical (unpaired) electrons. The molecule has 0 aromatic rings. The SMILES string of the molecule is C1=CC12CCC2. The van der Waals surface area contributed by atoms with Gasteiger partial charge in [0.25, 0.3) is 0 Å². The lowest BCUT2D eigenvalue weighted by Gasteiger charge is -2.24. The predicted molar refractivity (Wildman–Crippen MR) is 25.4 cm³/mol. The van der Waals surface area contributed by atoms with Crippen LogP contribution in [0.15, 0.2) is 12.2 Å². The van der Waals surface area contributed by atoms with E-state index < -0.39 is 0 Å². The largest absolute Gasteiger partial charge is 0.0777 e. The molecule has 0 unspecified atom stereocenters. The maximum Gasteiger partial charge on any atom is 0.00616 e.